The molecule has 178 valence electrons. The number of hydrogen-bond acceptors (Lipinski definition) is 5. The van der Waals surface area contributed by atoms with Crippen LogP contribution in [0.15, 0.2) is 48.8 Å². The largest absolute Gasteiger partial charge is 0.494 e. The highest BCUT2D eigenvalue weighted by Crippen LogP contribution is 2.22. The zero-order chi connectivity index (χ0) is 22.9. The molecule has 0 unspecified atom stereocenters. The fraction of sp³-hybridized carbons (Fsp3) is 0.556. The Hall–Kier alpha value is -2.44. The summed E-state index contributed by atoms with van der Waals surface area (Å²) in [7, 11) is 0. The summed E-state index contributed by atoms with van der Waals surface area (Å²) >= 11 is 0. The van der Waals surface area contributed by atoms with E-state index in [0.29, 0.717) is 5.91 Å². The molecule has 2 aliphatic heterocycles. The lowest BCUT2D eigenvalue weighted by Crippen LogP contribution is -2.51. The van der Waals surface area contributed by atoms with Crippen LogP contribution in [0.4, 0.5) is 0 Å². The molecule has 33 heavy (non-hydrogen) atoms. The molecule has 0 spiro atoms. The van der Waals surface area contributed by atoms with Crippen LogP contribution in [0.1, 0.15) is 43.7 Å². The van der Waals surface area contributed by atoms with E-state index in [4.69, 9.17) is 4.74 Å². The first-order valence-electron chi connectivity index (χ1n) is 12.6. The molecule has 1 aromatic carbocycles. The average Bonchev–Trinajstić information content (AvgIpc) is 2.86. The number of ether oxygens (including phenoxy) is 1. The Morgan fingerprint density at radius 2 is 1.48 bits per heavy atom. The van der Waals surface area contributed by atoms with Crippen molar-refractivity contribution >= 4 is 5.91 Å². The second-order valence-electron chi connectivity index (χ2n) is 9.35. The third-order valence-corrected chi connectivity index (χ3v) is 6.87. The van der Waals surface area contributed by atoms with Gasteiger partial charge in [0.05, 0.1) is 6.61 Å². The van der Waals surface area contributed by atoms with Gasteiger partial charge in [0.1, 0.15) is 5.75 Å². The number of carbonyl (C=O) groups is 1. The minimum Gasteiger partial charge on any atom is -0.494 e. The van der Waals surface area contributed by atoms with Gasteiger partial charge in [-0.25, -0.2) is 0 Å². The molecule has 2 aliphatic rings. The molecule has 0 N–H and O–H groups in total. The molecule has 4 rings (SSSR count). The maximum absolute atomic E-state index is 13.1. The van der Waals surface area contributed by atoms with Crippen LogP contribution >= 0.6 is 0 Å². The number of nitrogens with zero attached hydrogens (tertiary/aromatic N) is 4. The highest BCUT2D eigenvalue weighted by molar-refractivity contribution is 5.79. The molecule has 1 amide bonds. The molecule has 6 nitrogen and oxygen atoms in total. The monoisotopic (exact) mass is 450 g/mol. The van der Waals surface area contributed by atoms with Crippen LogP contribution in [-0.4, -0.2) is 71.5 Å². The Bertz CT molecular complexity index is 842. The first-order valence-corrected chi connectivity index (χ1v) is 12.6. The SMILES string of the molecule is CCCCOc1ccc(CN2CCN(C(=O)C3CCN(Cc4ccncc4)CC3)CC2)cc1. The van der Waals surface area contributed by atoms with Gasteiger partial charge in [-0.2, -0.15) is 0 Å². The number of aromatic nitrogens is 1. The van der Waals surface area contributed by atoms with Crippen molar-refractivity contribution in [3.8, 4) is 5.75 Å². The van der Waals surface area contributed by atoms with Crippen molar-refractivity contribution in [2.45, 2.75) is 45.7 Å². The fourth-order valence-corrected chi connectivity index (χ4v) is 4.75. The molecular weight excluding hydrogens is 412 g/mol. The summed E-state index contributed by atoms with van der Waals surface area (Å²) in [5.41, 5.74) is 2.60. The molecule has 2 fully saturated rings. The molecular formula is C27H38N4O2. The smallest absolute Gasteiger partial charge is 0.225 e. The van der Waals surface area contributed by atoms with Gasteiger partial charge in [-0.1, -0.05) is 25.5 Å². The number of benzene rings is 1. The van der Waals surface area contributed by atoms with Gasteiger partial charge in [-0.15, -0.1) is 0 Å². The number of piperidine rings is 1. The van der Waals surface area contributed by atoms with Gasteiger partial charge in [0.15, 0.2) is 0 Å². The van der Waals surface area contributed by atoms with E-state index < -0.39 is 0 Å². The van der Waals surface area contributed by atoms with Crippen molar-refractivity contribution in [2.24, 2.45) is 5.92 Å². The van der Waals surface area contributed by atoms with Gasteiger partial charge in [0, 0.05) is 57.6 Å². The number of carbonyl (C=O) groups excluding carboxylic acids is 1. The van der Waals surface area contributed by atoms with Gasteiger partial charge in [-0.05, 0) is 67.7 Å². The van der Waals surface area contributed by atoms with Gasteiger partial charge in [-0.3, -0.25) is 19.6 Å². The normalized spacial score (nSPS) is 18.4. The Labute approximate surface area is 198 Å². The van der Waals surface area contributed by atoms with E-state index >= 15 is 0 Å². The average molecular weight is 451 g/mol. The molecule has 2 saturated heterocycles. The van der Waals surface area contributed by atoms with Crippen LogP contribution in [0.2, 0.25) is 0 Å². The fourth-order valence-electron chi connectivity index (χ4n) is 4.75. The molecule has 2 aromatic rings. The number of amides is 1. The van der Waals surface area contributed by atoms with Crippen molar-refractivity contribution in [1.29, 1.82) is 0 Å². The summed E-state index contributed by atoms with van der Waals surface area (Å²) in [4.78, 5) is 24.2. The van der Waals surface area contributed by atoms with Crippen LogP contribution in [0.25, 0.3) is 0 Å². The number of hydrogen-bond donors (Lipinski definition) is 0. The number of rotatable bonds is 9. The summed E-state index contributed by atoms with van der Waals surface area (Å²) in [6, 6.07) is 12.6. The minimum atomic E-state index is 0.186. The van der Waals surface area contributed by atoms with Crippen molar-refractivity contribution < 1.29 is 9.53 Å². The van der Waals surface area contributed by atoms with Crippen LogP contribution in [0, 0.1) is 5.92 Å². The molecule has 0 aliphatic carbocycles. The van der Waals surface area contributed by atoms with E-state index in [2.05, 4.69) is 63.0 Å². The predicted octanol–water partition coefficient (Wildman–Crippen LogP) is 3.82. The zero-order valence-electron chi connectivity index (χ0n) is 20.0. The molecule has 6 heteroatoms. The van der Waals surface area contributed by atoms with Gasteiger partial charge in [0.25, 0.3) is 0 Å². The highest BCUT2D eigenvalue weighted by Gasteiger charge is 2.30. The molecule has 3 heterocycles. The van der Waals surface area contributed by atoms with E-state index in [9.17, 15) is 4.79 Å². The van der Waals surface area contributed by atoms with Gasteiger partial charge >= 0.3 is 0 Å². The van der Waals surface area contributed by atoms with Crippen molar-refractivity contribution in [2.75, 3.05) is 45.9 Å². The summed E-state index contributed by atoms with van der Waals surface area (Å²) in [6.45, 7) is 10.4. The second kappa shape index (κ2) is 12.1. The topological polar surface area (TPSA) is 48.9 Å². The third kappa shape index (κ3) is 7.02. The third-order valence-electron chi connectivity index (χ3n) is 6.87. The summed E-state index contributed by atoms with van der Waals surface area (Å²) in [6.07, 6.45) is 7.88. The van der Waals surface area contributed by atoms with Crippen LogP contribution in [-0.2, 0) is 17.9 Å². The molecule has 0 saturated carbocycles. The molecule has 0 bridgehead atoms. The molecule has 0 radical (unpaired) electrons. The molecule has 1 aromatic heterocycles. The van der Waals surface area contributed by atoms with E-state index in [1.165, 1.54) is 11.1 Å². The minimum absolute atomic E-state index is 0.186. The highest BCUT2D eigenvalue weighted by atomic mass is 16.5. The summed E-state index contributed by atoms with van der Waals surface area (Å²) in [5.74, 6) is 1.51. The Morgan fingerprint density at radius 3 is 2.12 bits per heavy atom. The van der Waals surface area contributed by atoms with Crippen LogP contribution in [0.3, 0.4) is 0 Å². The number of pyridine rings is 1. The van der Waals surface area contributed by atoms with E-state index in [1.54, 1.807) is 0 Å². The first-order chi connectivity index (χ1) is 16.2. The molecule has 0 atom stereocenters. The van der Waals surface area contributed by atoms with Crippen LogP contribution < -0.4 is 4.74 Å². The predicted molar refractivity (Wildman–Crippen MR) is 131 cm³/mol. The van der Waals surface area contributed by atoms with Crippen molar-refractivity contribution in [3.05, 3.63) is 59.9 Å². The maximum Gasteiger partial charge on any atom is 0.225 e. The van der Waals surface area contributed by atoms with Crippen LogP contribution in [0.5, 0.6) is 5.75 Å². The Balaban J connectivity index is 1.16. The van der Waals surface area contributed by atoms with E-state index in [-0.39, 0.29) is 5.92 Å². The Morgan fingerprint density at radius 1 is 0.879 bits per heavy atom. The summed E-state index contributed by atoms with van der Waals surface area (Å²) in [5, 5.41) is 0. The first kappa shape index (κ1) is 23.7. The lowest BCUT2D eigenvalue weighted by atomic mass is 9.94. The standard InChI is InChI=1S/C27H38N4O2/c1-2-3-20-33-26-6-4-23(5-7-26)21-30-16-18-31(19-17-30)27(32)25-10-14-29(15-11-25)22-24-8-12-28-13-9-24/h4-9,12-13,25H,2-3,10-11,14-22H2,1H3. The van der Waals surface area contributed by atoms with Gasteiger partial charge < -0.3 is 9.64 Å². The summed E-state index contributed by atoms with van der Waals surface area (Å²) < 4.78 is 5.76. The number of likely N-dealkylation sites (tertiary alicyclic amines) is 1. The second-order valence-corrected chi connectivity index (χ2v) is 9.35. The lowest BCUT2D eigenvalue weighted by Gasteiger charge is -2.38. The van der Waals surface area contributed by atoms with Gasteiger partial charge in [0.2, 0.25) is 5.91 Å². The van der Waals surface area contributed by atoms with E-state index in [1.807, 2.05) is 12.4 Å². The number of piperazine rings is 1. The van der Waals surface area contributed by atoms with Crippen molar-refractivity contribution in [3.63, 3.8) is 0 Å². The van der Waals surface area contributed by atoms with E-state index in [0.717, 1.165) is 90.4 Å². The quantitative estimate of drug-likeness (QED) is 0.544. The number of unbranched alkanes of at least 4 members (excludes halogenated alkanes) is 1. The lowest BCUT2D eigenvalue weighted by molar-refractivity contribution is -0.139. The zero-order valence-corrected chi connectivity index (χ0v) is 20.0. The maximum atomic E-state index is 13.1. The van der Waals surface area contributed by atoms with Crippen molar-refractivity contribution in [1.82, 2.24) is 19.7 Å². The Kier molecular flexibility index (Phi) is 8.72.